The van der Waals surface area contributed by atoms with Gasteiger partial charge in [0.1, 0.15) is 23.3 Å². The molecule has 0 radical (unpaired) electrons. The molecule has 1 fully saturated rings. The SMILES string of the molecule is Cc1c(Cl)ncnc1N1CCCCC1C(N)=O. The molecule has 0 spiro atoms. The zero-order valence-corrected chi connectivity index (χ0v) is 10.4. The molecule has 2 heterocycles. The summed E-state index contributed by atoms with van der Waals surface area (Å²) in [6, 6.07) is -0.284. The standard InChI is InChI=1S/C11H15ClN4O/c1-7-9(12)14-6-15-11(7)16-5-3-2-4-8(16)10(13)17/h6,8H,2-5H2,1H3,(H2,13,17). The van der Waals surface area contributed by atoms with Crippen LogP contribution in [-0.2, 0) is 4.79 Å². The molecule has 2 rings (SSSR count). The van der Waals surface area contributed by atoms with Crippen LogP contribution in [0.15, 0.2) is 6.33 Å². The van der Waals surface area contributed by atoms with E-state index in [4.69, 9.17) is 17.3 Å². The number of piperidine rings is 1. The van der Waals surface area contributed by atoms with E-state index in [2.05, 4.69) is 9.97 Å². The van der Waals surface area contributed by atoms with E-state index in [9.17, 15) is 4.79 Å². The van der Waals surface area contributed by atoms with Gasteiger partial charge in [0.15, 0.2) is 0 Å². The fourth-order valence-corrected chi connectivity index (χ4v) is 2.32. The number of halogens is 1. The minimum Gasteiger partial charge on any atom is -0.368 e. The molecule has 2 N–H and O–H groups in total. The smallest absolute Gasteiger partial charge is 0.240 e. The number of anilines is 1. The summed E-state index contributed by atoms with van der Waals surface area (Å²) in [7, 11) is 0. The molecule has 0 saturated carbocycles. The second-order valence-corrected chi connectivity index (χ2v) is 4.58. The number of nitrogens with zero attached hydrogens (tertiary/aromatic N) is 3. The van der Waals surface area contributed by atoms with Gasteiger partial charge in [0.25, 0.3) is 0 Å². The summed E-state index contributed by atoms with van der Waals surface area (Å²) in [5.41, 5.74) is 6.22. The topological polar surface area (TPSA) is 72.1 Å². The molecule has 6 heteroatoms. The average molecular weight is 255 g/mol. The molecule has 1 unspecified atom stereocenters. The van der Waals surface area contributed by atoms with Gasteiger partial charge in [-0.15, -0.1) is 0 Å². The van der Waals surface area contributed by atoms with Gasteiger partial charge in [0.05, 0.1) is 0 Å². The Morgan fingerprint density at radius 3 is 3.00 bits per heavy atom. The van der Waals surface area contributed by atoms with E-state index in [0.29, 0.717) is 11.0 Å². The number of amides is 1. The largest absolute Gasteiger partial charge is 0.368 e. The van der Waals surface area contributed by atoms with Crippen LogP contribution in [0.4, 0.5) is 5.82 Å². The van der Waals surface area contributed by atoms with Crippen LogP contribution in [0.1, 0.15) is 24.8 Å². The van der Waals surface area contributed by atoms with E-state index in [1.807, 2.05) is 11.8 Å². The lowest BCUT2D eigenvalue weighted by atomic mass is 10.0. The maximum atomic E-state index is 11.4. The first kappa shape index (κ1) is 12.1. The summed E-state index contributed by atoms with van der Waals surface area (Å²) in [4.78, 5) is 21.5. The molecule has 1 aromatic rings. The first-order valence-corrected chi connectivity index (χ1v) is 6.02. The minimum atomic E-state index is -0.307. The highest BCUT2D eigenvalue weighted by Crippen LogP contribution is 2.28. The Kier molecular flexibility index (Phi) is 3.47. The van der Waals surface area contributed by atoms with E-state index in [1.54, 1.807) is 0 Å². The highest BCUT2D eigenvalue weighted by atomic mass is 35.5. The third kappa shape index (κ3) is 2.34. The van der Waals surface area contributed by atoms with Crippen LogP contribution in [0.2, 0.25) is 5.15 Å². The maximum Gasteiger partial charge on any atom is 0.240 e. The van der Waals surface area contributed by atoms with Crippen molar-refractivity contribution in [2.45, 2.75) is 32.2 Å². The van der Waals surface area contributed by atoms with Crippen molar-refractivity contribution in [1.82, 2.24) is 9.97 Å². The molecular formula is C11H15ClN4O. The molecule has 17 heavy (non-hydrogen) atoms. The van der Waals surface area contributed by atoms with Crippen LogP contribution in [0, 0.1) is 6.92 Å². The Labute approximate surface area is 105 Å². The molecule has 1 aromatic heterocycles. The summed E-state index contributed by atoms with van der Waals surface area (Å²) in [5.74, 6) is 0.410. The van der Waals surface area contributed by atoms with Gasteiger partial charge >= 0.3 is 0 Å². The second-order valence-electron chi connectivity index (χ2n) is 4.22. The molecule has 1 saturated heterocycles. The Balaban J connectivity index is 2.36. The number of aromatic nitrogens is 2. The summed E-state index contributed by atoms with van der Waals surface area (Å²) >= 11 is 5.97. The Morgan fingerprint density at radius 1 is 1.53 bits per heavy atom. The fraction of sp³-hybridized carbons (Fsp3) is 0.545. The second kappa shape index (κ2) is 4.87. The van der Waals surface area contributed by atoms with Gasteiger partial charge < -0.3 is 10.6 Å². The predicted molar refractivity (Wildman–Crippen MR) is 66.0 cm³/mol. The minimum absolute atomic E-state index is 0.284. The average Bonchev–Trinajstić information content (AvgIpc) is 2.33. The number of hydrogen-bond acceptors (Lipinski definition) is 4. The number of nitrogens with two attached hydrogens (primary N) is 1. The van der Waals surface area contributed by atoms with E-state index in [0.717, 1.165) is 31.4 Å². The van der Waals surface area contributed by atoms with Crippen molar-refractivity contribution < 1.29 is 4.79 Å². The summed E-state index contributed by atoms with van der Waals surface area (Å²) in [6.45, 7) is 2.63. The number of rotatable bonds is 2. The van der Waals surface area contributed by atoms with E-state index in [1.165, 1.54) is 6.33 Å². The predicted octanol–water partition coefficient (Wildman–Crippen LogP) is 1.28. The van der Waals surface area contributed by atoms with Crippen LogP contribution in [0.25, 0.3) is 0 Å². The molecule has 92 valence electrons. The zero-order valence-electron chi connectivity index (χ0n) is 9.69. The molecule has 5 nitrogen and oxygen atoms in total. The third-order valence-electron chi connectivity index (χ3n) is 3.10. The summed E-state index contributed by atoms with van der Waals surface area (Å²) in [6.07, 6.45) is 4.24. The Hall–Kier alpha value is -1.36. The Morgan fingerprint density at radius 2 is 2.29 bits per heavy atom. The van der Waals surface area contributed by atoms with Crippen LogP contribution in [0.3, 0.4) is 0 Å². The van der Waals surface area contributed by atoms with Crippen molar-refractivity contribution in [3.8, 4) is 0 Å². The lowest BCUT2D eigenvalue weighted by Gasteiger charge is -2.35. The quantitative estimate of drug-likeness (QED) is 0.807. The highest BCUT2D eigenvalue weighted by molar-refractivity contribution is 6.30. The monoisotopic (exact) mass is 254 g/mol. The number of primary amides is 1. The molecule has 0 aromatic carbocycles. The first-order valence-electron chi connectivity index (χ1n) is 5.64. The van der Waals surface area contributed by atoms with Gasteiger partial charge in [0, 0.05) is 12.1 Å². The fourth-order valence-electron chi connectivity index (χ4n) is 2.19. The van der Waals surface area contributed by atoms with Crippen molar-refractivity contribution >= 4 is 23.3 Å². The Bertz CT molecular complexity index is 437. The lowest BCUT2D eigenvalue weighted by molar-refractivity contribution is -0.119. The zero-order chi connectivity index (χ0) is 12.4. The third-order valence-corrected chi connectivity index (χ3v) is 3.48. The van der Waals surface area contributed by atoms with Crippen molar-refractivity contribution in [3.63, 3.8) is 0 Å². The number of hydrogen-bond donors (Lipinski definition) is 1. The maximum absolute atomic E-state index is 11.4. The van der Waals surface area contributed by atoms with Gasteiger partial charge in [-0.1, -0.05) is 11.6 Å². The molecule has 0 aliphatic carbocycles. The van der Waals surface area contributed by atoms with Gasteiger partial charge in [0.2, 0.25) is 5.91 Å². The van der Waals surface area contributed by atoms with Crippen molar-refractivity contribution in [2.75, 3.05) is 11.4 Å². The van der Waals surface area contributed by atoms with Crippen molar-refractivity contribution in [2.24, 2.45) is 5.73 Å². The van der Waals surface area contributed by atoms with E-state index in [-0.39, 0.29) is 11.9 Å². The van der Waals surface area contributed by atoms with Crippen molar-refractivity contribution in [1.29, 1.82) is 0 Å². The summed E-state index contributed by atoms with van der Waals surface area (Å²) in [5, 5.41) is 0.420. The lowest BCUT2D eigenvalue weighted by Crippen LogP contribution is -2.48. The molecule has 1 aliphatic heterocycles. The van der Waals surface area contributed by atoms with Crippen LogP contribution in [-0.4, -0.2) is 28.5 Å². The van der Waals surface area contributed by atoms with Crippen LogP contribution < -0.4 is 10.6 Å². The van der Waals surface area contributed by atoms with Crippen LogP contribution in [0.5, 0.6) is 0 Å². The molecular weight excluding hydrogens is 240 g/mol. The number of carbonyl (C=O) groups excluding carboxylic acids is 1. The van der Waals surface area contributed by atoms with E-state index >= 15 is 0 Å². The molecule has 1 amide bonds. The normalized spacial score (nSPS) is 20.4. The summed E-state index contributed by atoms with van der Waals surface area (Å²) < 4.78 is 0. The van der Waals surface area contributed by atoms with Gasteiger partial charge in [-0.05, 0) is 26.2 Å². The van der Waals surface area contributed by atoms with Crippen LogP contribution >= 0.6 is 11.6 Å². The first-order chi connectivity index (χ1) is 8.11. The molecule has 1 aliphatic rings. The van der Waals surface area contributed by atoms with Gasteiger partial charge in [-0.2, -0.15) is 0 Å². The molecule has 0 bridgehead atoms. The molecule has 1 atom stereocenters. The van der Waals surface area contributed by atoms with Gasteiger partial charge in [-0.3, -0.25) is 4.79 Å². The van der Waals surface area contributed by atoms with E-state index < -0.39 is 0 Å². The van der Waals surface area contributed by atoms with Crippen molar-refractivity contribution in [3.05, 3.63) is 17.0 Å². The van der Waals surface area contributed by atoms with Gasteiger partial charge in [-0.25, -0.2) is 9.97 Å². The number of carbonyl (C=O) groups is 1. The highest BCUT2D eigenvalue weighted by Gasteiger charge is 2.29.